The van der Waals surface area contributed by atoms with Crippen molar-refractivity contribution in [2.24, 2.45) is 0 Å². The molecule has 0 aliphatic carbocycles. The smallest absolute Gasteiger partial charge is 0.141 e. The van der Waals surface area contributed by atoms with E-state index in [-0.39, 0.29) is 6.04 Å². The molecule has 2 atom stereocenters. The molecular weight excluding hydrogens is 392 g/mol. The summed E-state index contributed by atoms with van der Waals surface area (Å²) in [5.41, 5.74) is 2.54. The molecule has 0 aliphatic heterocycles. The van der Waals surface area contributed by atoms with Gasteiger partial charge in [-0.3, -0.25) is 0 Å². The van der Waals surface area contributed by atoms with Crippen LogP contribution in [0.15, 0.2) is 46.9 Å². The van der Waals surface area contributed by atoms with Gasteiger partial charge in [-0.2, -0.15) is 0 Å². The molecule has 2 unspecified atom stereocenters. The van der Waals surface area contributed by atoms with Crippen molar-refractivity contribution in [1.82, 2.24) is 9.88 Å². The Balaban J connectivity index is -0.00000111. The first kappa shape index (κ1) is 32.9. The van der Waals surface area contributed by atoms with Crippen LogP contribution in [0.3, 0.4) is 0 Å². The van der Waals surface area contributed by atoms with Gasteiger partial charge >= 0.3 is 0 Å². The minimum absolute atomic E-state index is 0.227. The first-order valence-corrected chi connectivity index (χ1v) is 12.4. The third-order valence-corrected chi connectivity index (χ3v) is 5.00. The Kier molecular flexibility index (Phi) is 24.1. The van der Waals surface area contributed by atoms with E-state index in [2.05, 4.69) is 36.9 Å². The second-order valence-electron chi connectivity index (χ2n) is 5.59. The minimum atomic E-state index is -1.32. The van der Waals surface area contributed by atoms with Gasteiger partial charge < -0.3 is 4.52 Å². The fraction of sp³-hybridized carbons (Fsp3) is 0.560. The Labute approximate surface area is 189 Å². The van der Waals surface area contributed by atoms with Gasteiger partial charge in [0.2, 0.25) is 0 Å². The Bertz CT molecular complexity index is 639. The van der Waals surface area contributed by atoms with Gasteiger partial charge in [0.15, 0.2) is 0 Å². The summed E-state index contributed by atoms with van der Waals surface area (Å²) in [6.45, 7) is 27.5. The van der Waals surface area contributed by atoms with E-state index in [9.17, 15) is 4.21 Å². The summed E-state index contributed by atoms with van der Waals surface area (Å²) in [6.07, 6.45) is 10.0. The molecule has 0 aliphatic rings. The van der Waals surface area contributed by atoms with E-state index in [0.717, 1.165) is 41.9 Å². The maximum atomic E-state index is 12.7. The van der Waals surface area contributed by atoms with Crippen LogP contribution in [0.5, 0.6) is 0 Å². The van der Waals surface area contributed by atoms with Crippen molar-refractivity contribution in [1.29, 1.82) is 0 Å². The molecule has 0 aromatic carbocycles. The molecule has 0 spiro atoms. The Morgan fingerprint density at radius 2 is 1.70 bits per heavy atom. The van der Waals surface area contributed by atoms with Crippen molar-refractivity contribution < 1.29 is 8.73 Å². The van der Waals surface area contributed by atoms with Crippen LogP contribution in [0.1, 0.15) is 91.7 Å². The highest BCUT2D eigenvalue weighted by Gasteiger charge is 2.15. The predicted molar refractivity (Wildman–Crippen MR) is 137 cm³/mol. The lowest BCUT2D eigenvalue weighted by atomic mass is 10.0. The van der Waals surface area contributed by atoms with Crippen LogP contribution >= 0.6 is 0 Å². The van der Waals surface area contributed by atoms with Gasteiger partial charge in [-0.05, 0) is 38.3 Å². The van der Waals surface area contributed by atoms with E-state index in [1.807, 2.05) is 67.5 Å². The summed E-state index contributed by atoms with van der Waals surface area (Å²) >= 11 is 0. The van der Waals surface area contributed by atoms with Crippen LogP contribution in [-0.2, 0) is 11.0 Å². The van der Waals surface area contributed by atoms with E-state index < -0.39 is 11.0 Å². The van der Waals surface area contributed by atoms with Crippen LogP contribution < -0.4 is 4.72 Å². The zero-order chi connectivity index (χ0) is 24.1. The quantitative estimate of drug-likeness (QED) is 0.378. The molecule has 0 amide bonds. The highest BCUT2D eigenvalue weighted by atomic mass is 32.2. The zero-order valence-electron chi connectivity index (χ0n) is 21.1. The van der Waals surface area contributed by atoms with Gasteiger partial charge in [-0.15, -0.1) is 0 Å². The van der Waals surface area contributed by atoms with Gasteiger partial charge in [0, 0.05) is 11.6 Å². The standard InChI is InChI=1S/C19H28N2O2S.3C2H6/c1-7-11-16(19-14(5)20-23-15(19)6)13-18(10-4)24(22)21-17(9-3)12-8-2;3*1-2/h7,10-11,13,17,21H,1,4,8-9,12H2,2-3,5-6H3;3*1-2H3/b16-11+,18-13+;;;. The van der Waals surface area contributed by atoms with E-state index >= 15 is 0 Å². The fourth-order valence-corrected chi connectivity index (χ4v) is 3.59. The molecule has 0 saturated heterocycles. The first-order valence-electron chi connectivity index (χ1n) is 11.3. The van der Waals surface area contributed by atoms with Gasteiger partial charge in [0.1, 0.15) is 16.7 Å². The van der Waals surface area contributed by atoms with Gasteiger partial charge in [0.25, 0.3) is 0 Å². The van der Waals surface area contributed by atoms with Crippen molar-refractivity contribution >= 4 is 16.6 Å². The zero-order valence-corrected chi connectivity index (χ0v) is 21.9. The lowest BCUT2D eigenvalue weighted by Gasteiger charge is -2.16. The average Bonchev–Trinajstić information content (AvgIpc) is 3.12. The topological polar surface area (TPSA) is 55.1 Å². The first-order chi connectivity index (χ1) is 14.5. The molecule has 1 N–H and O–H groups in total. The summed E-state index contributed by atoms with van der Waals surface area (Å²) in [6, 6.07) is 0.227. The molecule has 0 saturated carbocycles. The van der Waals surface area contributed by atoms with Crippen molar-refractivity contribution in [3.05, 3.63) is 59.4 Å². The monoisotopic (exact) mass is 438 g/mol. The molecule has 1 rings (SSSR count). The average molecular weight is 439 g/mol. The molecule has 1 heterocycles. The number of rotatable bonds is 10. The number of allylic oxidation sites excluding steroid dienone is 5. The molecule has 4 nitrogen and oxygen atoms in total. The van der Waals surface area contributed by atoms with E-state index in [1.165, 1.54) is 0 Å². The number of hydrogen-bond acceptors (Lipinski definition) is 3. The second kappa shape index (κ2) is 22.0. The summed E-state index contributed by atoms with van der Waals surface area (Å²) in [4.78, 5) is 0.623. The summed E-state index contributed by atoms with van der Waals surface area (Å²) in [7, 11) is -1.32. The number of hydrogen-bond donors (Lipinski definition) is 1. The Hall–Kier alpha value is -1.72. The van der Waals surface area contributed by atoms with Crippen LogP contribution in [0.2, 0.25) is 0 Å². The van der Waals surface area contributed by atoms with Gasteiger partial charge in [0.05, 0.1) is 10.6 Å². The molecule has 0 radical (unpaired) electrons. The SMILES string of the molecule is C=C/C=C(\C=C(/C=C)S(=O)NC(CC)CCC)c1c(C)noc1C.CC.CC.CC. The lowest BCUT2D eigenvalue weighted by molar-refractivity contribution is 0.393. The Morgan fingerprint density at radius 3 is 2.07 bits per heavy atom. The van der Waals surface area contributed by atoms with Crippen LogP contribution in [0.4, 0.5) is 0 Å². The maximum absolute atomic E-state index is 12.7. The molecule has 0 bridgehead atoms. The number of nitrogens with zero attached hydrogens (tertiary/aromatic N) is 1. The summed E-state index contributed by atoms with van der Waals surface area (Å²) < 4.78 is 21.1. The van der Waals surface area contributed by atoms with Crippen molar-refractivity contribution in [2.75, 3.05) is 0 Å². The number of aromatic nitrogens is 1. The molecule has 0 fully saturated rings. The third-order valence-electron chi connectivity index (χ3n) is 3.74. The van der Waals surface area contributed by atoms with Gasteiger partial charge in [-0.1, -0.05) is 98.4 Å². The van der Waals surface area contributed by atoms with E-state index in [1.54, 1.807) is 12.2 Å². The normalized spacial score (nSPS) is 12.7. The molecule has 1 aromatic heterocycles. The predicted octanol–water partition coefficient (Wildman–Crippen LogP) is 7.84. The number of aryl methyl sites for hydroxylation is 2. The van der Waals surface area contributed by atoms with Crippen LogP contribution in [0.25, 0.3) is 5.57 Å². The van der Waals surface area contributed by atoms with E-state index in [4.69, 9.17) is 4.52 Å². The fourth-order valence-electron chi connectivity index (χ4n) is 2.48. The third kappa shape index (κ3) is 12.1. The molecular formula is C25H46N2O2S. The largest absolute Gasteiger partial charge is 0.361 e. The maximum Gasteiger partial charge on any atom is 0.141 e. The molecule has 1 aromatic rings. The highest BCUT2D eigenvalue weighted by molar-refractivity contribution is 7.87. The van der Waals surface area contributed by atoms with Crippen molar-refractivity contribution in [2.45, 2.75) is 94.5 Å². The highest BCUT2D eigenvalue weighted by Crippen LogP contribution is 2.25. The van der Waals surface area contributed by atoms with Crippen molar-refractivity contribution in [3.63, 3.8) is 0 Å². The van der Waals surface area contributed by atoms with Gasteiger partial charge in [-0.25, -0.2) is 8.93 Å². The Morgan fingerprint density at radius 1 is 1.13 bits per heavy atom. The summed E-state index contributed by atoms with van der Waals surface area (Å²) in [5, 5.41) is 3.99. The lowest BCUT2D eigenvalue weighted by Crippen LogP contribution is -2.30. The van der Waals surface area contributed by atoms with E-state index in [0.29, 0.717) is 4.91 Å². The second-order valence-corrected chi connectivity index (χ2v) is 6.83. The van der Waals surface area contributed by atoms with Crippen LogP contribution in [0, 0.1) is 13.8 Å². The minimum Gasteiger partial charge on any atom is -0.361 e. The molecule has 174 valence electrons. The molecule has 5 heteroatoms. The number of nitrogens with one attached hydrogen (secondary N) is 1. The van der Waals surface area contributed by atoms with Crippen LogP contribution in [-0.4, -0.2) is 15.4 Å². The van der Waals surface area contributed by atoms with Crippen molar-refractivity contribution in [3.8, 4) is 0 Å². The summed E-state index contributed by atoms with van der Waals surface area (Å²) in [5.74, 6) is 0.719. The molecule has 30 heavy (non-hydrogen) atoms.